The fourth-order valence-electron chi connectivity index (χ4n) is 4.31. The van der Waals surface area contributed by atoms with Crippen LogP contribution in [0.5, 0.6) is 5.75 Å². The first-order valence-corrected chi connectivity index (χ1v) is 10.7. The molecule has 1 aliphatic carbocycles. The number of hydrogen-bond donors (Lipinski definition) is 1. The summed E-state index contributed by atoms with van der Waals surface area (Å²) in [5.41, 5.74) is 2.81. The Kier molecular flexibility index (Phi) is 5.24. The van der Waals surface area contributed by atoms with Gasteiger partial charge < -0.3 is 10.1 Å². The van der Waals surface area contributed by atoms with Crippen molar-refractivity contribution in [3.63, 3.8) is 0 Å². The van der Waals surface area contributed by atoms with Gasteiger partial charge in [-0.05, 0) is 25.7 Å². The van der Waals surface area contributed by atoms with Gasteiger partial charge in [0, 0.05) is 67.7 Å². The molecule has 0 saturated heterocycles. The quantitative estimate of drug-likeness (QED) is 0.499. The lowest BCUT2D eigenvalue weighted by atomic mass is 9.93. The third kappa shape index (κ3) is 4.15. The predicted octanol–water partition coefficient (Wildman–Crippen LogP) is 4.45. The van der Waals surface area contributed by atoms with E-state index in [1.807, 2.05) is 37.2 Å². The van der Waals surface area contributed by atoms with Crippen molar-refractivity contribution >= 4 is 16.7 Å². The molecular weight excluding hydrogens is 414 g/mol. The van der Waals surface area contributed by atoms with E-state index in [0.717, 1.165) is 59.7 Å². The summed E-state index contributed by atoms with van der Waals surface area (Å²) in [6.07, 6.45) is 8.90. The molecule has 0 unspecified atom stereocenters. The Morgan fingerprint density at radius 2 is 1.75 bits per heavy atom. The van der Waals surface area contributed by atoms with Crippen LogP contribution >= 0.6 is 0 Å². The van der Waals surface area contributed by atoms with Crippen LogP contribution in [-0.4, -0.2) is 36.7 Å². The average Bonchev–Trinajstić information content (AvgIpc) is 3.32. The van der Waals surface area contributed by atoms with Crippen LogP contribution in [0.3, 0.4) is 0 Å². The fraction of sp³-hybridized carbons (Fsp3) is 0.348. The van der Waals surface area contributed by atoms with E-state index in [9.17, 15) is 8.78 Å². The normalized spacial score (nSPS) is 18.8. The second-order valence-corrected chi connectivity index (χ2v) is 8.30. The molecule has 9 heteroatoms. The highest BCUT2D eigenvalue weighted by molar-refractivity contribution is 5.93. The lowest BCUT2D eigenvalue weighted by molar-refractivity contribution is 0.149. The average molecular weight is 438 g/mol. The number of aryl methyl sites for hydroxylation is 2. The van der Waals surface area contributed by atoms with Crippen molar-refractivity contribution in [2.24, 2.45) is 14.1 Å². The molecule has 1 aliphatic rings. The van der Waals surface area contributed by atoms with Crippen LogP contribution in [0.1, 0.15) is 25.7 Å². The number of nitrogens with one attached hydrogen (secondary N) is 1. The Bertz CT molecular complexity index is 1240. The van der Waals surface area contributed by atoms with Gasteiger partial charge in [-0.3, -0.25) is 9.36 Å². The standard InChI is InChI=1S/C23H24F2N6O/c1-30-13-14(11-27-30)23-20-12-26-22(10-21(20)31(2)29-23)28-17-3-5-18(6-4-17)32-19-8-15(24)7-16(25)9-19/h7-13,17-18H,3-6H2,1-2H3,(H,26,28). The number of halogens is 2. The van der Waals surface area contributed by atoms with E-state index in [1.54, 1.807) is 10.9 Å². The zero-order chi connectivity index (χ0) is 22.2. The van der Waals surface area contributed by atoms with Crippen molar-refractivity contribution in [3.05, 3.63) is 54.5 Å². The van der Waals surface area contributed by atoms with E-state index in [4.69, 9.17) is 4.74 Å². The number of benzene rings is 1. The van der Waals surface area contributed by atoms with Crippen LogP contribution in [0.15, 0.2) is 42.9 Å². The zero-order valence-electron chi connectivity index (χ0n) is 17.9. The monoisotopic (exact) mass is 438 g/mol. The Morgan fingerprint density at radius 3 is 2.44 bits per heavy atom. The smallest absolute Gasteiger partial charge is 0.129 e. The molecule has 1 saturated carbocycles. The number of fused-ring (bicyclic) bond motifs is 1. The third-order valence-corrected chi connectivity index (χ3v) is 5.88. The molecule has 0 radical (unpaired) electrons. The number of anilines is 1. The molecule has 1 N–H and O–H groups in total. The highest BCUT2D eigenvalue weighted by atomic mass is 19.1. The molecule has 4 aromatic rings. The maximum atomic E-state index is 13.4. The molecule has 166 valence electrons. The molecule has 7 nitrogen and oxygen atoms in total. The summed E-state index contributed by atoms with van der Waals surface area (Å²) in [4.78, 5) is 4.61. The van der Waals surface area contributed by atoms with Crippen molar-refractivity contribution in [2.45, 2.75) is 37.8 Å². The summed E-state index contributed by atoms with van der Waals surface area (Å²) >= 11 is 0. The van der Waals surface area contributed by atoms with Crippen molar-refractivity contribution in [2.75, 3.05) is 5.32 Å². The Hall–Kier alpha value is -3.49. The molecular formula is C23H24F2N6O. The maximum absolute atomic E-state index is 13.4. The van der Waals surface area contributed by atoms with E-state index in [1.165, 1.54) is 12.1 Å². The van der Waals surface area contributed by atoms with Crippen molar-refractivity contribution in [1.29, 1.82) is 0 Å². The van der Waals surface area contributed by atoms with Crippen LogP contribution in [0.25, 0.3) is 22.2 Å². The molecule has 1 aromatic carbocycles. The third-order valence-electron chi connectivity index (χ3n) is 5.88. The molecule has 5 rings (SSSR count). The topological polar surface area (TPSA) is 69.8 Å². The van der Waals surface area contributed by atoms with Gasteiger partial charge in [0.25, 0.3) is 0 Å². The van der Waals surface area contributed by atoms with Crippen LogP contribution in [0.2, 0.25) is 0 Å². The summed E-state index contributed by atoms with van der Waals surface area (Å²) in [6, 6.07) is 5.57. The van der Waals surface area contributed by atoms with Crippen LogP contribution in [0.4, 0.5) is 14.6 Å². The number of rotatable bonds is 5. The minimum absolute atomic E-state index is 0.0520. The lowest BCUT2D eigenvalue weighted by Crippen LogP contribution is -2.31. The summed E-state index contributed by atoms with van der Waals surface area (Å²) in [5, 5.41) is 13.4. The lowest BCUT2D eigenvalue weighted by Gasteiger charge is -2.29. The highest BCUT2D eigenvalue weighted by Crippen LogP contribution is 2.30. The Labute approximate surface area is 184 Å². The molecule has 32 heavy (non-hydrogen) atoms. The summed E-state index contributed by atoms with van der Waals surface area (Å²) in [7, 11) is 3.80. The van der Waals surface area contributed by atoms with E-state index >= 15 is 0 Å². The fourth-order valence-corrected chi connectivity index (χ4v) is 4.31. The van der Waals surface area contributed by atoms with E-state index in [-0.39, 0.29) is 17.9 Å². The summed E-state index contributed by atoms with van der Waals surface area (Å²) in [5.74, 6) is -0.209. The minimum atomic E-state index is -0.626. The summed E-state index contributed by atoms with van der Waals surface area (Å²) in [6.45, 7) is 0. The number of aromatic nitrogens is 5. The van der Waals surface area contributed by atoms with Crippen molar-refractivity contribution in [1.82, 2.24) is 24.5 Å². The number of ether oxygens (including phenoxy) is 1. The van der Waals surface area contributed by atoms with Crippen LogP contribution < -0.4 is 10.1 Å². The van der Waals surface area contributed by atoms with Gasteiger partial charge in [-0.25, -0.2) is 13.8 Å². The first-order valence-electron chi connectivity index (χ1n) is 10.7. The van der Waals surface area contributed by atoms with E-state index < -0.39 is 11.6 Å². The molecule has 1 fully saturated rings. The highest BCUT2D eigenvalue weighted by Gasteiger charge is 2.23. The minimum Gasteiger partial charge on any atom is -0.490 e. The Morgan fingerprint density at radius 1 is 1.00 bits per heavy atom. The second kappa shape index (κ2) is 8.22. The maximum Gasteiger partial charge on any atom is 0.129 e. The molecule has 0 amide bonds. The predicted molar refractivity (Wildman–Crippen MR) is 117 cm³/mol. The van der Waals surface area contributed by atoms with E-state index in [2.05, 4.69) is 20.5 Å². The molecule has 3 aromatic heterocycles. The SMILES string of the molecule is Cn1cc(-c2nn(C)c3cc(NC4CCC(Oc5cc(F)cc(F)c5)CC4)ncc23)cn1. The first-order chi connectivity index (χ1) is 15.4. The van der Waals surface area contributed by atoms with Gasteiger partial charge in [-0.2, -0.15) is 10.2 Å². The summed E-state index contributed by atoms with van der Waals surface area (Å²) < 4.78 is 36.2. The zero-order valence-corrected chi connectivity index (χ0v) is 17.9. The number of pyridine rings is 1. The van der Waals surface area contributed by atoms with Gasteiger partial charge in [-0.15, -0.1) is 0 Å². The molecule has 0 spiro atoms. The van der Waals surface area contributed by atoms with Gasteiger partial charge in [0.05, 0.1) is 17.8 Å². The molecule has 3 heterocycles. The first kappa shape index (κ1) is 20.4. The molecule has 0 aliphatic heterocycles. The van der Waals surface area contributed by atoms with Gasteiger partial charge in [0.1, 0.15) is 28.9 Å². The van der Waals surface area contributed by atoms with E-state index in [0.29, 0.717) is 0 Å². The Balaban J connectivity index is 1.24. The molecule has 0 atom stereocenters. The van der Waals surface area contributed by atoms with Crippen molar-refractivity contribution in [3.8, 4) is 17.0 Å². The van der Waals surface area contributed by atoms with Gasteiger partial charge in [0.2, 0.25) is 0 Å². The van der Waals surface area contributed by atoms with Gasteiger partial charge >= 0.3 is 0 Å². The van der Waals surface area contributed by atoms with Crippen LogP contribution in [-0.2, 0) is 14.1 Å². The van der Waals surface area contributed by atoms with Crippen LogP contribution in [0, 0.1) is 11.6 Å². The van der Waals surface area contributed by atoms with Gasteiger partial charge in [-0.1, -0.05) is 0 Å². The van der Waals surface area contributed by atoms with Crippen molar-refractivity contribution < 1.29 is 13.5 Å². The number of hydrogen-bond acceptors (Lipinski definition) is 5. The largest absolute Gasteiger partial charge is 0.490 e. The second-order valence-electron chi connectivity index (χ2n) is 8.30. The van der Waals surface area contributed by atoms with Gasteiger partial charge in [0.15, 0.2) is 0 Å². The number of nitrogens with zero attached hydrogens (tertiary/aromatic N) is 5. The molecule has 0 bridgehead atoms.